The molecule has 1 spiro atoms. The highest BCUT2D eigenvalue weighted by molar-refractivity contribution is 6.25. The van der Waals surface area contributed by atoms with Crippen molar-refractivity contribution in [1.29, 1.82) is 0 Å². The lowest BCUT2D eigenvalue weighted by Gasteiger charge is -2.27. The van der Waals surface area contributed by atoms with Crippen LogP contribution in [0.5, 0.6) is 17.2 Å². The average molecular weight is 485 g/mol. The summed E-state index contributed by atoms with van der Waals surface area (Å²) < 4.78 is 16.6. The Labute approximate surface area is 208 Å². The van der Waals surface area contributed by atoms with Crippen LogP contribution in [0.15, 0.2) is 84.5 Å². The SMILES string of the molecule is C=CCOc1ccc(C(=O)[C@H]2C(c3cccc(OC)c3OC)=NO[C@]23C(=O)Nc2ccccc23)cc1. The van der Waals surface area contributed by atoms with Crippen molar-refractivity contribution in [3.05, 3.63) is 96.1 Å². The van der Waals surface area contributed by atoms with Gasteiger partial charge < -0.3 is 24.4 Å². The van der Waals surface area contributed by atoms with Gasteiger partial charge in [0.15, 0.2) is 17.3 Å². The second-order valence-corrected chi connectivity index (χ2v) is 8.27. The minimum Gasteiger partial charge on any atom is -0.493 e. The number of rotatable bonds is 8. The molecular formula is C28H24N2O6. The topological polar surface area (TPSA) is 95.5 Å². The van der Waals surface area contributed by atoms with E-state index in [1.165, 1.54) is 14.2 Å². The summed E-state index contributed by atoms with van der Waals surface area (Å²) >= 11 is 0. The zero-order chi connectivity index (χ0) is 25.3. The summed E-state index contributed by atoms with van der Waals surface area (Å²) in [5.41, 5.74) is 0.588. The Hall–Kier alpha value is -4.59. The Morgan fingerprint density at radius 3 is 2.58 bits per heavy atom. The van der Waals surface area contributed by atoms with Crippen LogP contribution >= 0.6 is 0 Å². The Morgan fingerprint density at radius 1 is 1.08 bits per heavy atom. The predicted molar refractivity (Wildman–Crippen MR) is 134 cm³/mol. The first kappa shape index (κ1) is 23.2. The van der Waals surface area contributed by atoms with Crippen LogP contribution in [0, 0.1) is 5.92 Å². The fourth-order valence-electron chi connectivity index (χ4n) is 4.69. The summed E-state index contributed by atoms with van der Waals surface area (Å²) in [6.07, 6.45) is 1.64. The van der Waals surface area contributed by atoms with E-state index in [0.717, 1.165) is 0 Å². The summed E-state index contributed by atoms with van der Waals surface area (Å²) in [5.74, 6) is -0.452. The van der Waals surface area contributed by atoms with Crippen LogP contribution in [-0.4, -0.2) is 38.2 Å². The van der Waals surface area contributed by atoms with Gasteiger partial charge in [0.2, 0.25) is 0 Å². The quantitative estimate of drug-likeness (QED) is 0.377. The zero-order valence-electron chi connectivity index (χ0n) is 19.8. The number of benzene rings is 3. The summed E-state index contributed by atoms with van der Waals surface area (Å²) in [6.45, 7) is 3.98. The molecule has 1 N–H and O–H groups in total. The van der Waals surface area contributed by atoms with E-state index in [0.29, 0.717) is 46.2 Å². The maximum Gasteiger partial charge on any atom is 0.277 e. The first-order valence-corrected chi connectivity index (χ1v) is 11.3. The van der Waals surface area contributed by atoms with Gasteiger partial charge in [0, 0.05) is 22.4 Å². The Balaban J connectivity index is 1.65. The van der Waals surface area contributed by atoms with Crippen LogP contribution in [0.3, 0.4) is 0 Å². The van der Waals surface area contributed by atoms with E-state index in [4.69, 9.17) is 19.0 Å². The molecule has 36 heavy (non-hydrogen) atoms. The molecule has 0 fully saturated rings. The maximum atomic E-state index is 14.2. The lowest BCUT2D eigenvalue weighted by molar-refractivity contribution is -0.140. The molecule has 1 amide bonds. The molecule has 2 atom stereocenters. The molecule has 0 unspecified atom stereocenters. The number of para-hydroxylation sites is 2. The highest BCUT2D eigenvalue weighted by atomic mass is 16.7. The molecule has 2 heterocycles. The molecule has 0 saturated carbocycles. The Bertz CT molecular complexity index is 1380. The van der Waals surface area contributed by atoms with Gasteiger partial charge in [0.25, 0.3) is 11.5 Å². The number of ether oxygens (including phenoxy) is 3. The van der Waals surface area contributed by atoms with Crippen molar-refractivity contribution in [2.24, 2.45) is 11.1 Å². The minimum atomic E-state index is -1.67. The monoisotopic (exact) mass is 484 g/mol. The number of carbonyl (C=O) groups excluding carboxylic acids is 2. The van der Waals surface area contributed by atoms with Crippen molar-refractivity contribution in [2.45, 2.75) is 5.60 Å². The van der Waals surface area contributed by atoms with E-state index in [2.05, 4.69) is 17.1 Å². The van der Waals surface area contributed by atoms with Crippen molar-refractivity contribution in [2.75, 3.05) is 26.1 Å². The Morgan fingerprint density at radius 2 is 1.86 bits per heavy atom. The number of methoxy groups -OCH3 is 2. The van der Waals surface area contributed by atoms with Gasteiger partial charge in [-0.3, -0.25) is 9.59 Å². The van der Waals surface area contributed by atoms with Crippen LogP contribution in [0.25, 0.3) is 0 Å². The molecule has 182 valence electrons. The van der Waals surface area contributed by atoms with E-state index in [9.17, 15) is 9.59 Å². The van der Waals surface area contributed by atoms with Crippen LogP contribution in [0.1, 0.15) is 21.5 Å². The molecule has 0 aromatic heterocycles. The fraction of sp³-hybridized carbons (Fsp3) is 0.179. The first-order chi connectivity index (χ1) is 17.5. The van der Waals surface area contributed by atoms with Crippen molar-refractivity contribution in [1.82, 2.24) is 0 Å². The zero-order valence-corrected chi connectivity index (χ0v) is 19.8. The molecule has 8 nitrogen and oxygen atoms in total. The van der Waals surface area contributed by atoms with Gasteiger partial charge >= 0.3 is 0 Å². The van der Waals surface area contributed by atoms with Crippen molar-refractivity contribution in [3.8, 4) is 17.2 Å². The summed E-state index contributed by atoms with van der Waals surface area (Å²) in [4.78, 5) is 33.6. The van der Waals surface area contributed by atoms with E-state index in [-0.39, 0.29) is 11.5 Å². The highest BCUT2D eigenvalue weighted by Crippen LogP contribution is 2.51. The van der Waals surface area contributed by atoms with Gasteiger partial charge in [0.05, 0.1) is 14.2 Å². The van der Waals surface area contributed by atoms with Crippen LogP contribution in [0.4, 0.5) is 5.69 Å². The third-order valence-electron chi connectivity index (χ3n) is 6.33. The van der Waals surface area contributed by atoms with Crippen molar-refractivity contribution >= 4 is 23.1 Å². The standard InChI is InChI=1S/C28H24N2O6/c1-4-16-35-18-14-12-17(13-15-18)25(31)23-24(19-8-7-11-22(33-2)26(19)34-3)30-36-28(23)20-9-5-6-10-21(20)29-27(28)32/h4-15,23H,1,16H2,2-3H3,(H,29,32)/t23-,28+/m1/s1. The van der Waals surface area contributed by atoms with Gasteiger partial charge in [-0.25, -0.2) is 0 Å². The number of fused-ring (bicyclic) bond motifs is 2. The van der Waals surface area contributed by atoms with Crippen LogP contribution in [-0.2, 0) is 15.2 Å². The number of anilines is 1. The lowest BCUT2D eigenvalue weighted by Crippen LogP contribution is -2.46. The largest absolute Gasteiger partial charge is 0.493 e. The van der Waals surface area contributed by atoms with E-state index in [1.54, 1.807) is 72.8 Å². The molecule has 3 aromatic carbocycles. The van der Waals surface area contributed by atoms with Gasteiger partial charge in [-0.1, -0.05) is 42.1 Å². The number of nitrogens with zero attached hydrogens (tertiary/aromatic N) is 1. The molecule has 2 aliphatic heterocycles. The molecular weight excluding hydrogens is 460 g/mol. The van der Waals surface area contributed by atoms with Crippen LogP contribution in [0.2, 0.25) is 0 Å². The molecule has 0 radical (unpaired) electrons. The first-order valence-electron chi connectivity index (χ1n) is 11.3. The van der Waals surface area contributed by atoms with Gasteiger partial charge in [-0.15, -0.1) is 0 Å². The summed E-state index contributed by atoms with van der Waals surface area (Å²) in [6, 6.07) is 19.1. The van der Waals surface area contributed by atoms with E-state index < -0.39 is 17.4 Å². The number of hydrogen-bond acceptors (Lipinski definition) is 7. The number of amides is 1. The summed E-state index contributed by atoms with van der Waals surface area (Å²) in [5, 5.41) is 7.17. The maximum absolute atomic E-state index is 14.2. The molecule has 2 aliphatic rings. The second-order valence-electron chi connectivity index (χ2n) is 8.27. The third kappa shape index (κ3) is 3.50. The normalized spacial score (nSPS) is 19.7. The van der Waals surface area contributed by atoms with Gasteiger partial charge in [-0.05, 0) is 42.5 Å². The molecule has 0 bridgehead atoms. The molecule has 0 aliphatic carbocycles. The predicted octanol–water partition coefficient (Wildman–Crippen LogP) is 4.35. The van der Waals surface area contributed by atoms with E-state index >= 15 is 0 Å². The highest BCUT2D eigenvalue weighted by Gasteiger charge is 2.63. The smallest absolute Gasteiger partial charge is 0.277 e. The van der Waals surface area contributed by atoms with E-state index in [1.807, 2.05) is 0 Å². The fourth-order valence-corrected chi connectivity index (χ4v) is 4.69. The number of carbonyl (C=O) groups is 2. The van der Waals surface area contributed by atoms with Gasteiger partial charge in [0.1, 0.15) is 24.0 Å². The second kappa shape index (κ2) is 9.22. The minimum absolute atomic E-state index is 0.273. The average Bonchev–Trinajstić information content (AvgIpc) is 3.45. The molecule has 8 heteroatoms. The van der Waals surface area contributed by atoms with Crippen molar-refractivity contribution in [3.63, 3.8) is 0 Å². The molecule has 0 saturated heterocycles. The third-order valence-corrected chi connectivity index (χ3v) is 6.33. The number of Topliss-reactive ketones (excluding diaryl/α,β-unsaturated/α-hetero) is 1. The molecule has 3 aromatic rings. The summed E-state index contributed by atoms with van der Waals surface area (Å²) in [7, 11) is 3.03. The number of nitrogens with one attached hydrogen (secondary N) is 1. The number of ketones is 1. The van der Waals surface area contributed by atoms with Crippen LogP contribution < -0.4 is 19.5 Å². The number of oxime groups is 1. The van der Waals surface area contributed by atoms with Gasteiger partial charge in [-0.2, -0.15) is 0 Å². The number of hydrogen-bond donors (Lipinski definition) is 1. The Kier molecular flexibility index (Phi) is 5.93. The molecule has 5 rings (SSSR count). The lowest BCUT2D eigenvalue weighted by atomic mass is 9.74. The van der Waals surface area contributed by atoms with Crippen molar-refractivity contribution < 1.29 is 28.6 Å².